The van der Waals surface area contributed by atoms with E-state index in [2.05, 4.69) is 405 Å². The molecule has 19 aromatic carbocycles. The van der Waals surface area contributed by atoms with Gasteiger partial charge in [0.1, 0.15) is 23.0 Å². The van der Waals surface area contributed by atoms with Crippen molar-refractivity contribution < 1.29 is 9.47 Å². The predicted molar refractivity (Wildman–Crippen MR) is 504 cm³/mol. The van der Waals surface area contributed by atoms with Crippen LogP contribution in [0.3, 0.4) is 0 Å². The van der Waals surface area contributed by atoms with Gasteiger partial charge in [0.15, 0.2) is 34.9 Å². The van der Waals surface area contributed by atoms with Crippen molar-refractivity contribution in [2.24, 2.45) is 0 Å². The standard InChI is InChI=1S/C116H69N7O2/c1-2-24-72(25-3-1)109-117-112(122-114(121-109)92-36-23-43-101-108(92)125-106-47-21-17-42-100(106)115(101)95-37-12-6-30-86(95)87-31-7-13-38-96(87)115)74-52-48-70(49-53-74)77-58-63-84-85-64-59-78(68-94(85)83-29-5-4-28-82(83)93(84)67-77)76-26-22-27-80(66-76)113-119-110(118-111(120-113)75-56-61-81(62-57-75)123-103-44-18-10-34-90(103)91-35-11-19-45-104(91)123)73-54-50-71(51-55-73)79-60-65-107-102(69-79)116(99-41-16-20-46-105(99)124-107)97-39-14-8-32-88(97)89-33-9-15-40-98(89)116/h1-69H. The normalized spacial score (nSPS) is 13.2. The van der Waals surface area contributed by atoms with E-state index in [1.54, 1.807) is 0 Å². The maximum absolute atomic E-state index is 7.14. The molecule has 2 aliphatic heterocycles. The lowest BCUT2D eigenvalue weighted by atomic mass is 9.66. The van der Waals surface area contributed by atoms with E-state index in [0.29, 0.717) is 34.9 Å². The Bertz CT molecular complexity index is 8140. The summed E-state index contributed by atoms with van der Waals surface area (Å²) >= 11 is 0. The lowest BCUT2D eigenvalue weighted by molar-refractivity contribution is 0.436. The Kier molecular flexibility index (Phi) is 15.4. The minimum Gasteiger partial charge on any atom is -0.457 e. The summed E-state index contributed by atoms with van der Waals surface area (Å²) < 4.78 is 16.3. The number of aromatic nitrogens is 7. The van der Waals surface area contributed by atoms with Crippen molar-refractivity contribution in [1.82, 2.24) is 34.5 Å². The number of hydrogen-bond donors (Lipinski definition) is 0. The third kappa shape index (κ3) is 10.6. The molecule has 0 radical (unpaired) electrons. The van der Waals surface area contributed by atoms with Crippen molar-refractivity contribution >= 4 is 54.1 Å². The van der Waals surface area contributed by atoms with E-state index < -0.39 is 10.8 Å². The number of benzene rings is 19. The molecule has 9 nitrogen and oxygen atoms in total. The quantitative estimate of drug-likeness (QED) is 0.125. The third-order valence-electron chi connectivity index (χ3n) is 26.5. The summed E-state index contributed by atoms with van der Waals surface area (Å²) in [4.78, 5) is 32.1. The smallest absolute Gasteiger partial charge is 0.167 e. The van der Waals surface area contributed by atoms with E-state index in [9.17, 15) is 0 Å². The average Bonchev–Trinajstić information content (AvgIpc) is 1.54. The second-order valence-corrected chi connectivity index (χ2v) is 33.0. The Morgan fingerprint density at radius 1 is 0.176 bits per heavy atom. The Morgan fingerprint density at radius 2 is 0.496 bits per heavy atom. The predicted octanol–water partition coefficient (Wildman–Crippen LogP) is 28.6. The van der Waals surface area contributed by atoms with Crippen LogP contribution in [0.25, 0.3) is 184 Å². The number of nitrogens with zero attached hydrogens (tertiary/aromatic N) is 7. The number of ether oxygens (including phenoxy) is 2. The number of fused-ring (bicyclic) bond motifs is 27. The second-order valence-electron chi connectivity index (χ2n) is 33.0. The van der Waals surface area contributed by atoms with Gasteiger partial charge in [-0.2, -0.15) is 0 Å². The molecule has 4 aliphatic rings. The first kappa shape index (κ1) is 70.2. The molecule has 2 aliphatic carbocycles. The first-order valence-electron chi connectivity index (χ1n) is 42.5. The van der Waals surface area contributed by atoms with Gasteiger partial charge in [-0.1, -0.05) is 334 Å². The fourth-order valence-electron chi connectivity index (χ4n) is 20.9. The van der Waals surface area contributed by atoms with Gasteiger partial charge in [0.05, 0.1) is 27.4 Å². The van der Waals surface area contributed by atoms with E-state index in [1.165, 1.54) is 87.6 Å². The number of para-hydroxylation sites is 5. The highest BCUT2D eigenvalue weighted by Crippen LogP contribution is 2.65. The zero-order valence-electron chi connectivity index (χ0n) is 67.3. The zero-order chi connectivity index (χ0) is 82.0. The van der Waals surface area contributed by atoms with Crippen LogP contribution in [-0.2, 0) is 10.8 Å². The molecule has 0 unspecified atom stereocenters. The summed E-state index contributed by atoms with van der Waals surface area (Å²) in [7, 11) is 0. The molecule has 3 aromatic heterocycles. The Morgan fingerprint density at radius 3 is 1.02 bits per heavy atom. The molecule has 9 heteroatoms. The zero-order valence-corrected chi connectivity index (χ0v) is 67.3. The van der Waals surface area contributed by atoms with E-state index in [4.69, 9.17) is 39.4 Å². The molecule has 0 saturated heterocycles. The molecule has 5 heterocycles. The minimum absolute atomic E-state index is 0.526. The second kappa shape index (κ2) is 27.5. The Labute approximate surface area is 719 Å². The van der Waals surface area contributed by atoms with Crippen LogP contribution >= 0.6 is 0 Å². The molecule has 22 aromatic rings. The molecule has 2 spiro atoms. The van der Waals surface area contributed by atoms with Crippen LogP contribution in [0.4, 0.5) is 0 Å². The first-order valence-corrected chi connectivity index (χ1v) is 42.5. The van der Waals surface area contributed by atoms with Crippen LogP contribution in [0, 0.1) is 0 Å². The van der Waals surface area contributed by atoms with Crippen molar-refractivity contribution in [3.63, 3.8) is 0 Å². The molecule has 0 bridgehead atoms. The van der Waals surface area contributed by atoms with E-state index >= 15 is 0 Å². The lowest BCUT2D eigenvalue weighted by Gasteiger charge is -2.39. The van der Waals surface area contributed by atoms with Crippen LogP contribution in [0.15, 0.2) is 419 Å². The molecule has 0 amide bonds. The van der Waals surface area contributed by atoms with Gasteiger partial charge in [-0.05, 0) is 195 Å². The van der Waals surface area contributed by atoms with Gasteiger partial charge in [0.25, 0.3) is 0 Å². The highest BCUT2D eigenvalue weighted by atomic mass is 16.5. The van der Waals surface area contributed by atoms with Crippen LogP contribution in [0.1, 0.15) is 44.5 Å². The van der Waals surface area contributed by atoms with Crippen molar-refractivity contribution in [1.29, 1.82) is 0 Å². The van der Waals surface area contributed by atoms with Gasteiger partial charge in [-0.15, -0.1) is 0 Å². The number of rotatable bonds is 10. The highest BCUT2D eigenvalue weighted by molar-refractivity contribution is 6.26. The summed E-state index contributed by atoms with van der Waals surface area (Å²) in [6, 6.07) is 150. The molecule has 0 saturated carbocycles. The molecular weight excluding hydrogens is 1520 g/mol. The van der Waals surface area contributed by atoms with Crippen LogP contribution < -0.4 is 9.47 Å². The van der Waals surface area contributed by atoms with Gasteiger partial charge in [0, 0.05) is 66.5 Å². The van der Waals surface area contributed by atoms with E-state index in [0.717, 1.165) is 129 Å². The first-order chi connectivity index (χ1) is 61.9. The van der Waals surface area contributed by atoms with Gasteiger partial charge < -0.3 is 14.0 Å². The maximum Gasteiger partial charge on any atom is 0.167 e. The Balaban J connectivity index is 0.545. The minimum atomic E-state index is -0.645. The van der Waals surface area contributed by atoms with E-state index in [1.807, 2.05) is 18.2 Å². The summed E-state index contributed by atoms with van der Waals surface area (Å²) in [6.07, 6.45) is 0. The summed E-state index contributed by atoms with van der Waals surface area (Å²) in [5.74, 6) is 6.61. The largest absolute Gasteiger partial charge is 0.457 e. The summed E-state index contributed by atoms with van der Waals surface area (Å²) in [6.45, 7) is 0. The molecule has 0 fully saturated rings. The monoisotopic (exact) mass is 1590 g/mol. The van der Waals surface area contributed by atoms with E-state index in [-0.39, 0.29) is 0 Å². The van der Waals surface area contributed by atoms with Crippen molar-refractivity contribution in [3.05, 3.63) is 463 Å². The Hall–Kier alpha value is -16.6. The summed E-state index contributed by atoms with van der Waals surface area (Å²) in [5.41, 5.74) is 28.0. The van der Waals surface area contributed by atoms with Crippen molar-refractivity contribution in [2.45, 2.75) is 10.8 Å². The van der Waals surface area contributed by atoms with Crippen LogP contribution in [0.5, 0.6) is 23.0 Å². The van der Waals surface area contributed by atoms with Crippen molar-refractivity contribution in [2.75, 3.05) is 0 Å². The maximum atomic E-state index is 7.14. The van der Waals surface area contributed by atoms with Crippen LogP contribution in [-0.4, -0.2) is 34.5 Å². The van der Waals surface area contributed by atoms with Crippen LogP contribution in [0.2, 0.25) is 0 Å². The molecule has 125 heavy (non-hydrogen) atoms. The van der Waals surface area contributed by atoms with Gasteiger partial charge >= 0.3 is 0 Å². The number of hydrogen-bond acceptors (Lipinski definition) is 8. The third-order valence-corrected chi connectivity index (χ3v) is 26.5. The van der Waals surface area contributed by atoms with Crippen molar-refractivity contribution in [3.8, 4) is 153 Å². The molecule has 0 atom stereocenters. The van der Waals surface area contributed by atoms with Gasteiger partial charge in [0.2, 0.25) is 0 Å². The molecule has 26 rings (SSSR count). The fraction of sp³-hybridized carbons (Fsp3) is 0.0172. The topological polar surface area (TPSA) is 101 Å². The molecular formula is C116H69N7O2. The molecule has 580 valence electrons. The highest BCUT2D eigenvalue weighted by Gasteiger charge is 2.53. The van der Waals surface area contributed by atoms with Gasteiger partial charge in [-0.25, -0.2) is 29.9 Å². The van der Waals surface area contributed by atoms with Gasteiger partial charge in [-0.3, -0.25) is 0 Å². The average molecular weight is 1590 g/mol. The lowest BCUT2D eigenvalue weighted by Crippen LogP contribution is -2.32. The fourth-order valence-corrected chi connectivity index (χ4v) is 20.9. The molecule has 0 N–H and O–H groups in total. The summed E-state index contributed by atoms with van der Waals surface area (Å²) in [5, 5.41) is 9.46. The SMILES string of the molecule is c1ccc(-c2nc(-c3ccc(-c4ccc5c6ccc(-c7cccc(-c8nc(-c9ccc(-c%10ccc%11c(c%10)C%10(c%12ccccc%12O%11)c%11ccccc%11-c%11ccccc%11%10)cc9)nc(-c9ccc(-n%10c%11ccccc%11c%11ccccc%11%10)cc9)n8)c7)cc6c6ccccc6c5c4)cc3)nc(-c3cccc4c3Oc3ccccc3C43c4ccccc4-c4ccccc43)n2)cc1.